The summed E-state index contributed by atoms with van der Waals surface area (Å²) in [6, 6.07) is 11.6. The molecule has 0 saturated carbocycles. The van der Waals surface area contributed by atoms with Crippen LogP contribution in [0.15, 0.2) is 47.1 Å². The first-order chi connectivity index (χ1) is 11.7. The van der Waals surface area contributed by atoms with Crippen LogP contribution in [0.25, 0.3) is 11.1 Å². The van der Waals surface area contributed by atoms with Gasteiger partial charge in [0.25, 0.3) is 5.91 Å². The lowest BCUT2D eigenvalue weighted by Crippen LogP contribution is -2.12. The van der Waals surface area contributed by atoms with Crippen molar-refractivity contribution in [2.75, 3.05) is 5.32 Å². The summed E-state index contributed by atoms with van der Waals surface area (Å²) in [6.45, 7) is 2.26. The Morgan fingerprint density at radius 3 is 2.96 bits per heavy atom. The van der Waals surface area contributed by atoms with Crippen molar-refractivity contribution >= 4 is 22.4 Å². The van der Waals surface area contributed by atoms with Crippen molar-refractivity contribution in [3.05, 3.63) is 59.0 Å². The number of amides is 1. The molecule has 0 fully saturated rings. The lowest BCUT2D eigenvalue weighted by Gasteiger charge is -2.15. The van der Waals surface area contributed by atoms with Crippen LogP contribution in [0, 0.1) is 5.92 Å². The molecule has 122 valence electrons. The number of carbonyl (C=O) groups is 1. The number of aromatic nitrogens is 1. The molecule has 24 heavy (non-hydrogen) atoms. The van der Waals surface area contributed by atoms with Crippen molar-refractivity contribution in [2.45, 2.75) is 26.2 Å². The number of benzene rings is 1. The van der Waals surface area contributed by atoms with E-state index in [1.165, 1.54) is 11.3 Å². The van der Waals surface area contributed by atoms with Crippen molar-refractivity contribution in [3.8, 4) is 11.1 Å². The zero-order valence-electron chi connectivity index (χ0n) is 13.4. The van der Waals surface area contributed by atoms with E-state index in [0.717, 1.165) is 29.7 Å². The molecule has 1 atom stereocenters. The maximum Gasteiger partial charge on any atom is 0.293 e. The Balaban J connectivity index is 1.57. The van der Waals surface area contributed by atoms with Crippen LogP contribution >= 0.6 is 11.3 Å². The molecule has 1 aromatic carbocycles. The molecule has 0 aliphatic heterocycles. The average molecular weight is 338 g/mol. The normalized spacial score (nSPS) is 16.6. The fourth-order valence-electron chi connectivity index (χ4n) is 3.08. The molecule has 0 unspecified atom stereocenters. The van der Waals surface area contributed by atoms with Crippen molar-refractivity contribution in [2.24, 2.45) is 5.92 Å². The van der Waals surface area contributed by atoms with Gasteiger partial charge >= 0.3 is 0 Å². The van der Waals surface area contributed by atoms with Crippen molar-refractivity contribution in [1.82, 2.24) is 4.98 Å². The molecule has 4 nitrogen and oxygen atoms in total. The van der Waals surface area contributed by atoms with Crippen LogP contribution in [-0.4, -0.2) is 10.9 Å². The Labute approximate surface area is 144 Å². The first-order valence-electron chi connectivity index (χ1n) is 8.13. The summed E-state index contributed by atoms with van der Waals surface area (Å²) in [4.78, 5) is 18.5. The third-order valence-electron chi connectivity index (χ3n) is 4.36. The number of rotatable bonds is 3. The van der Waals surface area contributed by atoms with E-state index in [2.05, 4.69) is 17.2 Å². The standard InChI is InChI=1S/C19H18N2O2S/c1-12-7-8-15-16(11-12)24-19(20-15)21-18(22)17-14(9-10-23-17)13-5-3-2-4-6-13/h2-6,9-10,12H,7-8,11H2,1H3,(H,20,21,22)/t12-/m1/s1. The summed E-state index contributed by atoms with van der Waals surface area (Å²) in [7, 11) is 0. The van der Waals surface area contributed by atoms with Crippen LogP contribution in [0.2, 0.25) is 0 Å². The van der Waals surface area contributed by atoms with E-state index in [1.54, 1.807) is 17.6 Å². The number of nitrogens with one attached hydrogen (secondary N) is 1. The third kappa shape index (κ3) is 2.87. The highest BCUT2D eigenvalue weighted by atomic mass is 32.1. The van der Waals surface area contributed by atoms with Gasteiger partial charge in [0.05, 0.1) is 12.0 Å². The Morgan fingerprint density at radius 2 is 2.12 bits per heavy atom. The summed E-state index contributed by atoms with van der Waals surface area (Å²) in [5, 5.41) is 3.56. The monoisotopic (exact) mass is 338 g/mol. The van der Waals surface area contributed by atoms with Gasteiger partial charge in [-0.3, -0.25) is 10.1 Å². The topological polar surface area (TPSA) is 55.1 Å². The predicted molar refractivity (Wildman–Crippen MR) is 95.4 cm³/mol. The van der Waals surface area contributed by atoms with Gasteiger partial charge in [0.2, 0.25) is 0 Å². The van der Waals surface area contributed by atoms with E-state index in [-0.39, 0.29) is 5.91 Å². The minimum atomic E-state index is -0.252. The summed E-state index contributed by atoms with van der Waals surface area (Å²) >= 11 is 1.58. The highest BCUT2D eigenvalue weighted by Crippen LogP contribution is 2.33. The van der Waals surface area contributed by atoms with Crippen molar-refractivity contribution in [1.29, 1.82) is 0 Å². The number of carbonyl (C=O) groups excluding carboxylic acids is 1. The number of aryl methyl sites for hydroxylation is 1. The van der Waals surface area contributed by atoms with Crippen LogP contribution in [-0.2, 0) is 12.8 Å². The molecule has 0 bridgehead atoms. The molecule has 1 aliphatic rings. The van der Waals surface area contributed by atoms with Gasteiger partial charge < -0.3 is 4.42 Å². The van der Waals surface area contributed by atoms with E-state index < -0.39 is 0 Å². The number of fused-ring (bicyclic) bond motifs is 1. The molecule has 0 spiro atoms. The molecule has 0 radical (unpaired) electrons. The molecular formula is C19H18N2O2S. The summed E-state index contributed by atoms with van der Waals surface area (Å²) < 4.78 is 5.44. The Bertz CT molecular complexity index is 867. The molecule has 5 heteroatoms. The van der Waals surface area contributed by atoms with E-state index in [1.807, 2.05) is 36.4 Å². The van der Waals surface area contributed by atoms with Gasteiger partial charge in [0.15, 0.2) is 10.9 Å². The van der Waals surface area contributed by atoms with Crippen LogP contribution in [0.1, 0.15) is 34.5 Å². The highest BCUT2D eigenvalue weighted by Gasteiger charge is 2.22. The second kappa shape index (κ2) is 6.24. The number of anilines is 1. The minimum absolute atomic E-state index is 0.252. The van der Waals surface area contributed by atoms with Crippen LogP contribution in [0.4, 0.5) is 5.13 Å². The maximum atomic E-state index is 12.6. The van der Waals surface area contributed by atoms with E-state index in [0.29, 0.717) is 16.8 Å². The second-order valence-electron chi connectivity index (χ2n) is 6.22. The first kappa shape index (κ1) is 15.1. The lowest BCUT2D eigenvalue weighted by molar-refractivity contribution is 0.0997. The number of furan rings is 1. The Hall–Kier alpha value is -2.40. The number of thiazole rings is 1. The first-order valence-corrected chi connectivity index (χ1v) is 8.95. The number of nitrogens with zero attached hydrogens (tertiary/aromatic N) is 1. The van der Waals surface area contributed by atoms with Gasteiger partial charge in [-0.2, -0.15) is 0 Å². The molecular weight excluding hydrogens is 320 g/mol. The molecule has 1 N–H and O–H groups in total. The molecule has 2 heterocycles. The van der Waals surface area contributed by atoms with Crippen LogP contribution < -0.4 is 5.32 Å². The summed E-state index contributed by atoms with van der Waals surface area (Å²) in [5.41, 5.74) is 2.89. The van der Waals surface area contributed by atoms with E-state index in [4.69, 9.17) is 4.42 Å². The van der Waals surface area contributed by atoms with Crippen LogP contribution in [0.3, 0.4) is 0 Å². The van der Waals surface area contributed by atoms with Gasteiger partial charge in [-0.25, -0.2) is 4.98 Å². The van der Waals surface area contributed by atoms with Gasteiger partial charge in [-0.05, 0) is 36.8 Å². The van der Waals surface area contributed by atoms with Crippen molar-refractivity contribution < 1.29 is 9.21 Å². The summed E-state index contributed by atoms with van der Waals surface area (Å²) in [6.07, 6.45) is 4.77. The predicted octanol–water partition coefficient (Wildman–Crippen LogP) is 4.78. The van der Waals surface area contributed by atoms with Crippen LogP contribution in [0.5, 0.6) is 0 Å². The molecule has 1 aliphatic carbocycles. The fraction of sp³-hybridized carbons (Fsp3) is 0.263. The molecule has 0 saturated heterocycles. The smallest absolute Gasteiger partial charge is 0.293 e. The third-order valence-corrected chi connectivity index (χ3v) is 5.40. The number of hydrogen-bond donors (Lipinski definition) is 1. The van der Waals surface area contributed by atoms with E-state index >= 15 is 0 Å². The lowest BCUT2D eigenvalue weighted by atomic mass is 9.93. The molecule has 1 amide bonds. The SMILES string of the molecule is C[C@@H]1CCc2nc(NC(=O)c3occc3-c3ccccc3)sc2C1. The van der Waals surface area contributed by atoms with Crippen molar-refractivity contribution in [3.63, 3.8) is 0 Å². The highest BCUT2D eigenvalue weighted by molar-refractivity contribution is 7.15. The van der Waals surface area contributed by atoms with E-state index in [9.17, 15) is 4.79 Å². The quantitative estimate of drug-likeness (QED) is 0.747. The van der Waals surface area contributed by atoms with Gasteiger partial charge in [0.1, 0.15) is 0 Å². The van der Waals surface area contributed by atoms with Gasteiger partial charge in [0, 0.05) is 10.4 Å². The number of hydrogen-bond acceptors (Lipinski definition) is 4. The Kier molecular flexibility index (Phi) is 3.94. The minimum Gasteiger partial charge on any atom is -0.459 e. The molecule has 3 aromatic rings. The fourth-order valence-corrected chi connectivity index (χ4v) is 4.24. The maximum absolute atomic E-state index is 12.6. The zero-order chi connectivity index (χ0) is 16.5. The van der Waals surface area contributed by atoms with Gasteiger partial charge in [-0.15, -0.1) is 11.3 Å². The zero-order valence-corrected chi connectivity index (χ0v) is 14.2. The second-order valence-corrected chi connectivity index (χ2v) is 7.30. The average Bonchev–Trinajstić information content (AvgIpc) is 3.21. The Morgan fingerprint density at radius 1 is 1.29 bits per heavy atom. The molecule has 2 aromatic heterocycles. The molecule has 4 rings (SSSR count). The largest absolute Gasteiger partial charge is 0.459 e. The summed E-state index contributed by atoms with van der Waals surface area (Å²) in [5.74, 6) is 0.761. The van der Waals surface area contributed by atoms with Gasteiger partial charge in [-0.1, -0.05) is 37.3 Å².